The highest BCUT2D eigenvalue weighted by atomic mass is 32.2. The number of nitrogens with two attached hydrogens (primary N) is 1. The van der Waals surface area contributed by atoms with Gasteiger partial charge in [0.1, 0.15) is 5.52 Å². The molecule has 12 heteroatoms. The van der Waals surface area contributed by atoms with E-state index in [2.05, 4.69) is 10.1 Å². The Morgan fingerprint density at radius 2 is 1.97 bits per heavy atom. The van der Waals surface area contributed by atoms with E-state index in [1.165, 1.54) is 10.5 Å². The largest absolute Gasteiger partial charge is 0.392 e. The topological polar surface area (TPSA) is 114 Å². The van der Waals surface area contributed by atoms with Gasteiger partial charge in [-0.2, -0.15) is 4.31 Å². The van der Waals surface area contributed by atoms with Crippen molar-refractivity contribution < 1.29 is 26.7 Å². The standard InChI is InChI=1S/C9H7F3N4.C8H15NO3S/c10-5-1-6(4-2-9(4,11)12)16-7(5)3-14-8(13)15-16;10-7-2-1-5-9(6-7)13(11,12)8-3-4-8/h1,3-4H,2H2,(H2,13,15);7-8,10H,1-6H2. The van der Waals surface area contributed by atoms with Crippen molar-refractivity contribution >= 4 is 21.5 Å². The molecule has 2 saturated carbocycles. The summed E-state index contributed by atoms with van der Waals surface area (Å²) in [5.41, 5.74) is 5.54. The minimum Gasteiger partial charge on any atom is -0.392 e. The Labute approximate surface area is 165 Å². The van der Waals surface area contributed by atoms with E-state index < -0.39 is 33.8 Å². The molecule has 1 saturated heterocycles. The van der Waals surface area contributed by atoms with Gasteiger partial charge in [-0.3, -0.25) is 0 Å². The predicted molar refractivity (Wildman–Crippen MR) is 98.4 cm³/mol. The van der Waals surface area contributed by atoms with E-state index in [4.69, 9.17) is 5.73 Å². The number of halogens is 3. The lowest BCUT2D eigenvalue weighted by atomic mass is 10.1. The lowest BCUT2D eigenvalue weighted by Gasteiger charge is -2.29. The number of β-amino-alcohol motifs (C(OH)–C–C–N with tert-alkyl or cyclic N) is 1. The fourth-order valence-electron chi connectivity index (χ4n) is 3.50. The van der Waals surface area contributed by atoms with Crippen LogP contribution in [0.1, 0.15) is 43.7 Å². The number of rotatable bonds is 3. The number of hydrogen-bond donors (Lipinski definition) is 2. The minimum atomic E-state index is -3.05. The van der Waals surface area contributed by atoms with Gasteiger partial charge in [-0.05, 0) is 31.7 Å². The Morgan fingerprint density at radius 1 is 1.28 bits per heavy atom. The first-order valence-electron chi connectivity index (χ1n) is 9.44. The molecule has 0 amide bonds. The number of aliphatic hydroxyl groups excluding tert-OH is 1. The monoisotopic (exact) mass is 433 g/mol. The van der Waals surface area contributed by atoms with Gasteiger partial charge in [0.2, 0.25) is 16.0 Å². The molecule has 3 N–H and O–H groups in total. The van der Waals surface area contributed by atoms with Crippen LogP contribution in [0.15, 0.2) is 12.3 Å². The summed E-state index contributed by atoms with van der Waals surface area (Å²) in [5.74, 6) is -4.43. The van der Waals surface area contributed by atoms with Crippen LogP contribution < -0.4 is 5.73 Å². The quantitative estimate of drug-likeness (QED) is 0.759. The van der Waals surface area contributed by atoms with E-state index in [0.717, 1.165) is 36.3 Å². The average Bonchev–Trinajstić information content (AvgIpc) is 3.56. The van der Waals surface area contributed by atoms with Crippen molar-refractivity contribution in [3.8, 4) is 0 Å². The Balaban J connectivity index is 0.000000145. The first-order valence-corrected chi connectivity index (χ1v) is 10.9. The highest BCUT2D eigenvalue weighted by Crippen LogP contribution is 2.55. The maximum atomic E-state index is 13.4. The van der Waals surface area contributed by atoms with Crippen LogP contribution >= 0.6 is 0 Å². The maximum absolute atomic E-state index is 13.4. The highest BCUT2D eigenvalue weighted by molar-refractivity contribution is 7.90. The molecular formula is C17H22F3N5O3S. The number of hydrogen-bond acceptors (Lipinski definition) is 6. The van der Waals surface area contributed by atoms with Crippen LogP contribution in [0.4, 0.5) is 19.1 Å². The number of alkyl halides is 2. The predicted octanol–water partition coefficient (Wildman–Crippen LogP) is 1.51. The second kappa shape index (κ2) is 7.10. The SMILES string of the molecule is Nc1ncc2c(F)cc(C3CC3(F)F)n2n1.O=S(=O)(C1CC1)N1CCCC(O)C1. The first-order chi connectivity index (χ1) is 13.6. The second-order valence-electron chi connectivity index (χ2n) is 7.75. The van der Waals surface area contributed by atoms with Gasteiger partial charge in [0.15, 0.2) is 5.82 Å². The summed E-state index contributed by atoms with van der Waals surface area (Å²) in [6.07, 6.45) is 3.57. The zero-order chi connectivity index (χ0) is 21.0. The van der Waals surface area contributed by atoms with Crippen molar-refractivity contribution in [3.63, 3.8) is 0 Å². The molecule has 29 heavy (non-hydrogen) atoms. The Bertz CT molecular complexity index is 1020. The smallest absolute Gasteiger partial charge is 0.257 e. The molecule has 2 aliphatic carbocycles. The molecule has 2 aromatic heterocycles. The van der Waals surface area contributed by atoms with Crippen LogP contribution in [0.3, 0.4) is 0 Å². The third-order valence-electron chi connectivity index (χ3n) is 5.36. The van der Waals surface area contributed by atoms with E-state index in [9.17, 15) is 26.7 Å². The van der Waals surface area contributed by atoms with Crippen LogP contribution in [-0.2, 0) is 10.0 Å². The van der Waals surface area contributed by atoms with E-state index in [1.54, 1.807) is 0 Å². The lowest BCUT2D eigenvalue weighted by Crippen LogP contribution is -2.43. The molecule has 160 valence electrons. The molecule has 2 aromatic rings. The zero-order valence-electron chi connectivity index (χ0n) is 15.5. The molecule has 0 spiro atoms. The van der Waals surface area contributed by atoms with Crippen LogP contribution in [0.25, 0.3) is 5.52 Å². The van der Waals surface area contributed by atoms with E-state index in [1.807, 2.05) is 0 Å². The van der Waals surface area contributed by atoms with Crippen LogP contribution in [0.2, 0.25) is 0 Å². The van der Waals surface area contributed by atoms with E-state index in [0.29, 0.717) is 13.1 Å². The van der Waals surface area contributed by atoms with Crippen LogP contribution in [0.5, 0.6) is 0 Å². The normalized spacial score (nSPS) is 26.8. The van der Waals surface area contributed by atoms with Crippen molar-refractivity contribution in [3.05, 3.63) is 23.8 Å². The van der Waals surface area contributed by atoms with Gasteiger partial charge >= 0.3 is 0 Å². The molecule has 3 heterocycles. The second-order valence-corrected chi connectivity index (χ2v) is 9.96. The summed E-state index contributed by atoms with van der Waals surface area (Å²) in [7, 11) is -3.05. The maximum Gasteiger partial charge on any atom is 0.257 e. The summed E-state index contributed by atoms with van der Waals surface area (Å²) < 4.78 is 65.2. The number of aromatic nitrogens is 3. The zero-order valence-corrected chi connectivity index (χ0v) is 16.3. The third-order valence-corrected chi connectivity index (χ3v) is 7.73. The van der Waals surface area contributed by atoms with Gasteiger partial charge in [0.25, 0.3) is 5.92 Å². The highest BCUT2D eigenvalue weighted by Gasteiger charge is 2.59. The number of aliphatic hydroxyl groups is 1. The number of piperidine rings is 1. The first kappa shape index (κ1) is 20.4. The molecule has 0 radical (unpaired) electrons. The number of anilines is 1. The average molecular weight is 433 g/mol. The molecule has 1 aliphatic heterocycles. The van der Waals surface area contributed by atoms with Crippen molar-refractivity contribution in [1.82, 2.24) is 18.9 Å². The number of fused-ring (bicyclic) bond motifs is 1. The number of nitrogens with zero attached hydrogens (tertiary/aromatic N) is 4. The Morgan fingerprint density at radius 3 is 2.55 bits per heavy atom. The van der Waals surface area contributed by atoms with E-state index in [-0.39, 0.29) is 28.8 Å². The lowest BCUT2D eigenvalue weighted by molar-refractivity contribution is 0.108. The summed E-state index contributed by atoms with van der Waals surface area (Å²) >= 11 is 0. The minimum absolute atomic E-state index is 0.0619. The summed E-state index contributed by atoms with van der Waals surface area (Å²) in [6.45, 7) is 0.898. The third kappa shape index (κ3) is 4.05. The van der Waals surface area contributed by atoms with Crippen LogP contribution in [0, 0.1) is 5.82 Å². The van der Waals surface area contributed by atoms with Crippen LogP contribution in [-0.4, -0.2) is 62.8 Å². The van der Waals surface area contributed by atoms with Crippen molar-refractivity contribution in [1.29, 1.82) is 0 Å². The van der Waals surface area contributed by atoms with Gasteiger partial charge in [-0.25, -0.2) is 31.1 Å². The number of nitrogen functional groups attached to an aromatic ring is 1. The summed E-state index contributed by atoms with van der Waals surface area (Å²) in [5, 5.41) is 12.9. The molecular weight excluding hydrogens is 411 g/mol. The molecule has 0 aromatic carbocycles. The number of sulfonamides is 1. The van der Waals surface area contributed by atoms with Gasteiger partial charge in [-0.15, -0.1) is 5.10 Å². The fraction of sp³-hybridized carbons (Fsp3) is 0.647. The fourth-order valence-corrected chi connectivity index (χ4v) is 5.42. The molecule has 2 atom stereocenters. The summed E-state index contributed by atoms with van der Waals surface area (Å²) in [4.78, 5) is 3.62. The molecule has 5 rings (SSSR count). The molecule has 2 unspecified atom stereocenters. The van der Waals surface area contributed by atoms with Gasteiger partial charge in [0.05, 0.1) is 29.2 Å². The van der Waals surface area contributed by atoms with E-state index >= 15 is 0 Å². The molecule has 3 fully saturated rings. The van der Waals surface area contributed by atoms with Crippen molar-refractivity contribution in [2.45, 2.75) is 55.3 Å². The molecule has 3 aliphatic rings. The van der Waals surface area contributed by atoms with Gasteiger partial charge in [0, 0.05) is 19.5 Å². The van der Waals surface area contributed by atoms with Gasteiger partial charge in [-0.1, -0.05) is 0 Å². The summed E-state index contributed by atoms with van der Waals surface area (Å²) in [6, 6.07) is 1.06. The molecule has 8 nitrogen and oxygen atoms in total. The Kier molecular flexibility index (Phi) is 4.98. The molecule has 0 bridgehead atoms. The van der Waals surface area contributed by atoms with Gasteiger partial charge < -0.3 is 10.8 Å². The van der Waals surface area contributed by atoms with Crippen molar-refractivity contribution in [2.75, 3.05) is 18.8 Å². The van der Waals surface area contributed by atoms with Crippen molar-refractivity contribution in [2.24, 2.45) is 0 Å². The Hall–Kier alpha value is -1.92.